The minimum absolute atomic E-state index is 0.324. The van der Waals surface area contributed by atoms with Crippen molar-refractivity contribution in [1.82, 2.24) is 9.88 Å². The first kappa shape index (κ1) is 10.4. The largest absolute Gasteiger partial charge is 0.296 e. The van der Waals surface area contributed by atoms with E-state index in [0.717, 1.165) is 36.2 Å². The van der Waals surface area contributed by atoms with Gasteiger partial charge in [0.15, 0.2) is 0 Å². The maximum Gasteiger partial charge on any atom is 0.0544 e. The lowest BCUT2D eigenvalue weighted by molar-refractivity contribution is 0.328. The standard InChI is InChI=1S/C10H12BrClN2/c11-8-1-2-10(13-5-8)7-14-4-3-9(12)6-14/h1-2,5,9H,3-4,6-7H2. The third-order valence-corrected chi connectivity index (χ3v) is 3.21. The number of pyridine rings is 1. The Kier molecular flexibility index (Phi) is 3.42. The number of rotatable bonds is 2. The van der Waals surface area contributed by atoms with Crippen molar-refractivity contribution >= 4 is 27.5 Å². The van der Waals surface area contributed by atoms with E-state index in [1.807, 2.05) is 18.3 Å². The Morgan fingerprint density at radius 1 is 1.57 bits per heavy atom. The third-order valence-electron chi connectivity index (χ3n) is 2.39. The van der Waals surface area contributed by atoms with Gasteiger partial charge in [-0.3, -0.25) is 9.88 Å². The molecule has 4 heteroatoms. The maximum absolute atomic E-state index is 6.03. The van der Waals surface area contributed by atoms with Crippen LogP contribution in [0.25, 0.3) is 0 Å². The predicted molar refractivity (Wildman–Crippen MR) is 61.5 cm³/mol. The molecule has 14 heavy (non-hydrogen) atoms. The molecule has 0 N–H and O–H groups in total. The fraction of sp³-hybridized carbons (Fsp3) is 0.500. The van der Waals surface area contributed by atoms with Crippen LogP contribution in [0.15, 0.2) is 22.8 Å². The molecular formula is C10H12BrClN2. The second kappa shape index (κ2) is 4.60. The van der Waals surface area contributed by atoms with Crippen LogP contribution in [0, 0.1) is 0 Å². The van der Waals surface area contributed by atoms with E-state index in [1.165, 1.54) is 0 Å². The highest BCUT2D eigenvalue weighted by Crippen LogP contribution is 2.17. The molecule has 1 aliphatic heterocycles. The highest BCUT2D eigenvalue weighted by molar-refractivity contribution is 9.10. The second-order valence-electron chi connectivity index (χ2n) is 3.59. The fourth-order valence-electron chi connectivity index (χ4n) is 1.66. The summed E-state index contributed by atoms with van der Waals surface area (Å²) in [5.74, 6) is 0. The Morgan fingerprint density at radius 2 is 2.43 bits per heavy atom. The van der Waals surface area contributed by atoms with Crippen LogP contribution in [0.3, 0.4) is 0 Å². The van der Waals surface area contributed by atoms with Gasteiger partial charge in [-0.15, -0.1) is 11.6 Å². The number of hydrogen-bond donors (Lipinski definition) is 0. The average molecular weight is 276 g/mol. The predicted octanol–water partition coefficient (Wildman–Crippen LogP) is 2.66. The summed E-state index contributed by atoms with van der Waals surface area (Å²) in [5.41, 5.74) is 1.11. The zero-order chi connectivity index (χ0) is 9.97. The van der Waals surface area contributed by atoms with E-state index in [9.17, 15) is 0 Å². The molecule has 2 nitrogen and oxygen atoms in total. The molecule has 1 aromatic rings. The number of hydrogen-bond acceptors (Lipinski definition) is 2. The van der Waals surface area contributed by atoms with Crippen molar-refractivity contribution in [3.05, 3.63) is 28.5 Å². The molecule has 0 radical (unpaired) electrons. The van der Waals surface area contributed by atoms with E-state index < -0.39 is 0 Å². The molecule has 1 fully saturated rings. The van der Waals surface area contributed by atoms with Crippen LogP contribution in [0.1, 0.15) is 12.1 Å². The van der Waals surface area contributed by atoms with Crippen molar-refractivity contribution in [3.8, 4) is 0 Å². The smallest absolute Gasteiger partial charge is 0.0544 e. The summed E-state index contributed by atoms with van der Waals surface area (Å²) in [5, 5.41) is 0.324. The zero-order valence-electron chi connectivity index (χ0n) is 7.79. The molecule has 1 atom stereocenters. The molecule has 1 aromatic heterocycles. The van der Waals surface area contributed by atoms with Gasteiger partial charge in [-0.1, -0.05) is 0 Å². The topological polar surface area (TPSA) is 16.1 Å². The van der Waals surface area contributed by atoms with E-state index >= 15 is 0 Å². The Labute approximate surface area is 97.4 Å². The summed E-state index contributed by atoms with van der Waals surface area (Å²) in [7, 11) is 0. The first-order chi connectivity index (χ1) is 6.74. The average Bonchev–Trinajstić information content (AvgIpc) is 2.56. The Hall–Kier alpha value is -0.120. The monoisotopic (exact) mass is 274 g/mol. The van der Waals surface area contributed by atoms with Gasteiger partial charge in [0.2, 0.25) is 0 Å². The molecule has 2 rings (SSSR count). The van der Waals surface area contributed by atoms with Gasteiger partial charge < -0.3 is 0 Å². The number of aromatic nitrogens is 1. The molecule has 2 heterocycles. The molecule has 76 valence electrons. The number of alkyl halides is 1. The normalized spacial score (nSPS) is 22.9. The van der Waals surface area contributed by atoms with Crippen molar-refractivity contribution in [2.45, 2.75) is 18.3 Å². The zero-order valence-corrected chi connectivity index (χ0v) is 10.1. The van der Waals surface area contributed by atoms with Crippen molar-refractivity contribution in [3.63, 3.8) is 0 Å². The summed E-state index contributed by atoms with van der Waals surface area (Å²) in [4.78, 5) is 6.68. The number of halogens is 2. The van der Waals surface area contributed by atoms with Gasteiger partial charge in [0.1, 0.15) is 0 Å². The summed E-state index contributed by atoms with van der Waals surface area (Å²) >= 11 is 9.40. The van der Waals surface area contributed by atoms with Crippen molar-refractivity contribution in [2.24, 2.45) is 0 Å². The second-order valence-corrected chi connectivity index (χ2v) is 5.12. The van der Waals surface area contributed by atoms with Gasteiger partial charge in [-0.25, -0.2) is 0 Å². The molecule has 0 amide bonds. The summed E-state index contributed by atoms with van der Waals surface area (Å²) in [6.45, 7) is 2.99. The SMILES string of the molecule is ClC1CCN(Cc2ccc(Br)cn2)C1. The molecule has 1 unspecified atom stereocenters. The van der Waals surface area contributed by atoms with Gasteiger partial charge in [-0.05, 0) is 34.5 Å². The molecular weight excluding hydrogens is 263 g/mol. The molecule has 0 aromatic carbocycles. The van der Waals surface area contributed by atoms with Gasteiger partial charge in [0.25, 0.3) is 0 Å². The molecule has 0 saturated carbocycles. The highest BCUT2D eigenvalue weighted by Gasteiger charge is 2.20. The fourth-order valence-corrected chi connectivity index (χ4v) is 2.19. The summed E-state index contributed by atoms with van der Waals surface area (Å²) in [6, 6.07) is 4.07. The van der Waals surface area contributed by atoms with Crippen LogP contribution in [0.5, 0.6) is 0 Å². The minimum atomic E-state index is 0.324. The van der Waals surface area contributed by atoms with Crippen molar-refractivity contribution in [2.75, 3.05) is 13.1 Å². The van der Waals surface area contributed by atoms with E-state index in [-0.39, 0.29) is 0 Å². The maximum atomic E-state index is 6.03. The molecule has 0 bridgehead atoms. The van der Waals surface area contributed by atoms with E-state index in [0.29, 0.717) is 5.38 Å². The van der Waals surface area contributed by atoms with Gasteiger partial charge in [-0.2, -0.15) is 0 Å². The summed E-state index contributed by atoms with van der Waals surface area (Å²) < 4.78 is 1.03. The minimum Gasteiger partial charge on any atom is -0.296 e. The van der Waals surface area contributed by atoms with Crippen LogP contribution in [-0.2, 0) is 6.54 Å². The lowest BCUT2D eigenvalue weighted by Gasteiger charge is -2.13. The van der Waals surface area contributed by atoms with Crippen LogP contribution >= 0.6 is 27.5 Å². The molecule has 1 saturated heterocycles. The van der Waals surface area contributed by atoms with Crippen molar-refractivity contribution < 1.29 is 0 Å². The van der Waals surface area contributed by atoms with Crippen LogP contribution in [-0.4, -0.2) is 28.4 Å². The Morgan fingerprint density at radius 3 is 3.00 bits per heavy atom. The first-order valence-electron chi connectivity index (χ1n) is 4.71. The molecule has 0 spiro atoms. The van der Waals surface area contributed by atoms with Crippen LogP contribution in [0.2, 0.25) is 0 Å². The van der Waals surface area contributed by atoms with E-state index in [2.05, 4.69) is 25.8 Å². The van der Waals surface area contributed by atoms with Gasteiger partial charge >= 0.3 is 0 Å². The third kappa shape index (κ3) is 2.69. The van der Waals surface area contributed by atoms with E-state index in [1.54, 1.807) is 0 Å². The number of likely N-dealkylation sites (tertiary alicyclic amines) is 1. The lowest BCUT2D eigenvalue weighted by Crippen LogP contribution is -2.20. The lowest BCUT2D eigenvalue weighted by atomic mass is 10.3. The first-order valence-corrected chi connectivity index (χ1v) is 5.94. The van der Waals surface area contributed by atoms with Gasteiger partial charge in [0, 0.05) is 35.7 Å². The van der Waals surface area contributed by atoms with E-state index in [4.69, 9.17) is 11.6 Å². The summed E-state index contributed by atoms with van der Waals surface area (Å²) in [6.07, 6.45) is 2.93. The van der Waals surface area contributed by atoms with Crippen LogP contribution < -0.4 is 0 Å². The Balaban J connectivity index is 1.94. The van der Waals surface area contributed by atoms with Crippen LogP contribution in [0.4, 0.5) is 0 Å². The van der Waals surface area contributed by atoms with Crippen molar-refractivity contribution in [1.29, 1.82) is 0 Å². The van der Waals surface area contributed by atoms with Gasteiger partial charge in [0.05, 0.1) is 5.69 Å². The molecule has 0 aliphatic carbocycles. The quantitative estimate of drug-likeness (QED) is 0.772. The Bertz CT molecular complexity index is 301. The highest BCUT2D eigenvalue weighted by atomic mass is 79.9. The number of nitrogens with zero attached hydrogens (tertiary/aromatic N) is 2. The molecule has 1 aliphatic rings.